The van der Waals surface area contributed by atoms with Gasteiger partial charge in [-0.25, -0.2) is 9.50 Å². The summed E-state index contributed by atoms with van der Waals surface area (Å²) >= 11 is 0. The van der Waals surface area contributed by atoms with Crippen molar-refractivity contribution in [3.05, 3.63) is 17.2 Å². The zero-order valence-electron chi connectivity index (χ0n) is 8.70. The van der Waals surface area contributed by atoms with Gasteiger partial charge in [-0.3, -0.25) is 5.10 Å². The van der Waals surface area contributed by atoms with Crippen molar-refractivity contribution in [1.82, 2.24) is 19.6 Å². The van der Waals surface area contributed by atoms with E-state index >= 15 is 0 Å². The fourth-order valence-corrected chi connectivity index (χ4v) is 1.48. The van der Waals surface area contributed by atoms with Crippen LogP contribution < -0.4 is 5.73 Å². The molecule has 2 aromatic rings. The third-order valence-electron chi connectivity index (χ3n) is 2.34. The molecule has 76 valence electrons. The Kier molecular flexibility index (Phi) is 2.03. The van der Waals surface area contributed by atoms with Crippen LogP contribution in [-0.2, 0) is 6.54 Å². The molecule has 0 saturated carbocycles. The molecule has 0 amide bonds. The van der Waals surface area contributed by atoms with Gasteiger partial charge in [0.25, 0.3) is 5.78 Å². The van der Waals surface area contributed by atoms with Gasteiger partial charge in [0, 0.05) is 12.5 Å². The number of imidazole rings is 1. The third-order valence-corrected chi connectivity index (χ3v) is 2.34. The molecule has 2 heterocycles. The summed E-state index contributed by atoms with van der Waals surface area (Å²) in [5.41, 5.74) is 7.58. The zero-order valence-corrected chi connectivity index (χ0v) is 8.70. The number of fused-ring (bicyclic) bond motifs is 1. The lowest BCUT2D eigenvalue weighted by atomic mass is 10.2. The predicted octanol–water partition coefficient (Wildman–Crippen LogP) is 0.948. The molecule has 0 atom stereocenters. The Balaban J connectivity index is 2.62. The summed E-state index contributed by atoms with van der Waals surface area (Å²) in [4.78, 5) is 8.71. The predicted molar refractivity (Wildman–Crippen MR) is 54.1 cm³/mol. The average molecular weight is 193 g/mol. The Morgan fingerprint density at radius 1 is 1.43 bits per heavy atom. The third kappa shape index (κ3) is 1.21. The second kappa shape index (κ2) is 3.09. The molecule has 0 aliphatic rings. The van der Waals surface area contributed by atoms with E-state index in [2.05, 4.69) is 28.9 Å². The molecule has 0 spiro atoms. The molecule has 0 fully saturated rings. The molecular weight excluding hydrogens is 178 g/mol. The van der Waals surface area contributed by atoms with Crippen LogP contribution in [0, 0.1) is 6.92 Å². The highest BCUT2D eigenvalue weighted by Gasteiger charge is 2.12. The van der Waals surface area contributed by atoms with E-state index in [1.807, 2.05) is 11.4 Å². The molecule has 0 bridgehead atoms. The van der Waals surface area contributed by atoms with Gasteiger partial charge in [0.15, 0.2) is 0 Å². The number of aryl methyl sites for hydroxylation is 1. The topological polar surface area (TPSA) is 72.0 Å². The first-order valence-electron chi connectivity index (χ1n) is 4.77. The maximum absolute atomic E-state index is 5.64. The second-order valence-electron chi connectivity index (χ2n) is 3.75. The van der Waals surface area contributed by atoms with Crippen molar-refractivity contribution in [2.45, 2.75) is 33.2 Å². The monoisotopic (exact) mass is 193 g/mol. The Morgan fingerprint density at radius 3 is 2.71 bits per heavy atom. The average Bonchev–Trinajstić information content (AvgIpc) is 2.60. The van der Waals surface area contributed by atoms with Crippen LogP contribution in [0.3, 0.4) is 0 Å². The molecule has 0 radical (unpaired) electrons. The molecule has 3 N–H and O–H groups in total. The summed E-state index contributed by atoms with van der Waals surface area (Å²) in [6.45, 7) is 6.60. The summed E-state index contributed by atoms with van der Waals surface area (Å²) < 4.78 is 1.87. The molecule has 0 unspecified atom stereocenters. The van der Waals surface area contributed by atoms with Crippen LogP contribution in [0.4, 0.5) is 0 Å². The van der Waals surface area contributed by atoms with Crippen molar-refractivity contribution in [3.8, 4) is 0 Å². The summed E-state index contributed by atoms with van der Waals surface area (Å²) in [5.74, 6) is 2.04. The van der Waals surface area contributed by atoms with Crippen LogP contribution in [0.2, 0.25) is 0 Å². The van der Waals surface area contributed by atoms with Crippen LogP contribution in [-0.4, -0.2) is 19.6 Å². The van der Waals surface area contributed by atoms with Crippen molar-refractivity contribution < 1.29 is 0 Å². The number of aromatic amines is 1. The van der Waals surface area contributed by atoms with E-state index in [4.69, 9.17) is 5.73 Å². The fraction of sp³-hybridized carbons (Fsp3) is 0.556. The largest absolute Gasteiger partial charge is 0.325 e. The lowest BCUT2D eigenvalue weighted by Crippen LogP contribution is -2.04. The normalized spacial score (nSPS) is 11.8. The van der Waals surface area contributed by atoms with Gasteiger partial charge in [-0.2, -0.15) is 4.98 Å². The molecule has 2 aromatic heterocycles. The highest BCUT2D eigenvalue weighted by Crippen LogP contribution is 2.14. The fourth-order valence-electron chi connectivity index (χ4n) is 1.48. The second-order valence-corrected chi connectivity index (χ2v) is 3.75. The van der Waals surface area contributed by atoms with Gasteiger partial charge in [0.1, 0.15) is 5.82 Å². The van der Waals surface area contributed by atoms with E-state index in [1.54, 1.807) is 0 Å². The standard InChI is InChI=1S/C9H15N5/c1-5(2)8-12-9-11-6(3)7(4-10)14(9)13-8/h5H,4,10H2,1-3H3,(H,11,12,13). The molecule has 0 aromatic carbocycles. The SMILES string of the molecule is Cc1nc2nc(C(C)C)[nH]n2c1CN. The summed E-state index contributed by atoms with van der Waals surface area (Å²) in [6.07, 6.45) is 0. The minimum atomic E-state index is 0.377. The minimum Gasteiger partial charge on any atom is -0.325 e. The van der Waals surface area contributed by atoms with Crippen molar-refractivity contribution >= 4 is 5.78 Å². The molecule has 0 saturated heterocycles. The maximum Gasteiger partial charge on any atom is 0.251 e. The van der Waals surface area contributed by atoms with Gasteiger partial charge in [-0.15, -0.1) is 0 Å². The number of H-pyrrole nitrogens is 1. The molecule has 2 rings (SSSR count). The summed E-state index contributed by atoms with van der Waals surface area (Å²) in [5, 5.41) is 3.20. The lowest BCUT2D eigenvalue weighted by Gasteiger charge is -1.98. The van der Waals surface area contributed by atoms with Crippen molar-refractivity contribution in [2.75, 3.05) is 0 Å². The zero-order chi connectivity index (χ0) is 10.3. The smallest absolute Gasteiger partial charge is 0.251 e. The first kappa shape index (κ1) is 9.21. The molecule has 5 heteroatoms. The number of hydrogen-bond donors (Lipinski definition) is 2. The van der Waals surface area contributed by atoms with E-state index in [-0.39, 0.29) is 0 Å². The first-order chi connectivity index (χ1) is 6.63. The number of nitrogens with two attached hydrogens (primary N) is 1. The van der Waals surface area contributed by atoms with E-state index in [0.717, 1.165) is 17.2 Å². The van der Waals surface area contributed by atoms with Crippen LogP contribution in [0.15, 0.2) is 0 Å². The van der Waals surface area contributed by atoms with Gasteiger partial charge in [0.05, 0.1) is 11.4 Å². The Bertz CT molecular complexity index is 451. The van der Waals surface area contributed by atoms with Gasteiger partial charge in [-0.05, 0) is 6.92 Å². The first-order valence-corrected chi connectivity index (χ1v) is 4.77. The van der Waals surface area contributed by atoms with Crippen molar-refractivity contribution in [2.24, 2.45) is 5.73 Å². The highest BCUT2D eigenvalue weighted by molar-refractivity contribution is 5.34. The number of nitrogens with zero attached hydrogens (tertiary/aromatic N) is 3. The summed E-state index contributed by atoms with van der Waals surface area (Å²) in [6, 6.07) is 0. The number of rotatable bonds is 2. The number of aromatic nitrogens is 4. The molecule has 14 heavy (non-hydrogen) atoms. The Hall–Kier alpha value is -1.36. The van der Waals surface area contributed by atoms with Gasteiger partial charge >= 0.3 is 0 Å². The van der Waals surface area contributed by atoms with E-state index in [9.17, 15) is 0 Å². The van der Waals surface area contributed by atoms with E-state index < -0.39 is 0 Å². The van der Waals surface area contributed by atoms with Crippen LogP contribution in [0.25, 0.3) is 5.78 Å². The van der Waals surface area contributed by atoms with Crippen molar-refractivity contribution in [1.29, 1.82) is 0 Å². The van der Waals surface area contributed by atoms with Crippen LogP contribution in [0.1, 0.15) is 37.0 Å². The maximum atomic E-state index is 5.64. The number of hydrogen-bond acceptors (Lipinski definition) is 3. The van der Waals surface area contributed by atoms with Crippen LogP contribution >= 0.6 is 0 Å². The molecule has 0 aliphatic heterocycles. The molecule has 5 nitrogen and oxygen atoms in total. The lowest BCUT2D eigenvalue weighted by molar-refractivity contribution is 0.749. The number of nitrogens with one attached hydrogen (secondary N) is 1. The van der Waals surface area contributed by atoms with Gasteiger partial charge in [-0.1, -0.05) is 13.8 Å². The minimum absolute atomic E-state index is 0.377. The Morgan fingerprint density at radius 2 is 2.14 bits per heavy atom. The van der Waals surface area contributed by atoms with E-state index in [1.165, 1.54) is 0 Å². The molecule has 0 aliphatic carbocycles. The van der Waals surface area contributed by atoms with Gasteiger partial charge < -0.3 is 5.73 Å². The van der Waals surface area contributed by atoms with Crippen molar-refractivity contribution in [3.63, 3.8) is 0 Å². The quantitative estimate of drug-likeness (QED) is 0.745. The van der Waals surface area contributed by atoms with Gasteiger partial charge in [0.2, 0.25) is 0 Å². The molecular formula is C9H15N5. The van der Waals surface area contributed by atoms with E-state index in [0.29, 0.717) is 18.2 Å². The highest BCUT2D eigenvalue weighted by atomic mass is 15.4. The summed E-state index contributed by atoms with van der Waals surface area (Å²) in [7, 11) is 0. The Labute approximate surface area is 82.3 Å². The van der Waals surface area contributed by atoms with Crippen LogP contribution in [0.5, 0.6) is 0 Å².